The van der Waals surface area contributed by atoms with Crippen molar-refractivity contribution >= 4 is 33.0 Å². The standard InChI is InChI=1S/C29H24N2O2S/c1-22-9-15-25(16-10-22)31(26-17-11-23(2)12-18-26)27-19-13-24(14-20-27)21-29(30-3)34(32,33)28-7-5-4-6-8-28/h4-21H,1-2H3. The highest BCUT2D eigenvalue weighted by atomic mass is 32.2. The van der Waals surface area contributed by atoms with Crippen molar-refractivity contribution in [2.45, 2.75) is 18.7 Å². The van der Waals surface area contributed by atoms with Crippen LogP contribution in [0.25, 0.3) is 10.9 Å². The number of nitrogens with zero attached hydrogens (tertiary/aromatic N) is 2. The van der Waals surface area contributed by atoms with Gasteiger partial charge in [0.05, 0.1) is 11.5 Å². The zero-order valence-corrected chi connectivity index (χ0v) is 19.8. The minimum atomic E-state index is -3.87. The van der Waals surface area contributed by atoms with Gasteiger partial charge in [0.2, 0.25) is 9.84 Å². The van der Waals surface area contributed by atoms with Gasteiger partial charge >= 0.3 is 0 Å². The summed E-state index contributed by atoms with van der Waals surface area (Å²) in [5.41, 5.74) is 5.97. The largest absolute Gasteiger partial charge is 0.311 e. The molecule has 4 rings (SSSR count). The van der Waals surface area contributed by atoms with Gasteiger partial charge in [-0.25, -0.2) is 13.3 Å². The number of hydrogen-bond donors (Lipinski definition) is 0. The van der Waals surface area contributed by atoms with Crippen LogP contribution in [0.2, 0.25) is 0 Å². The predicted octanol–water partition coefficient (Wildman–Crippen LogP) is 7.46. The predicted molar refractivity (Wildman–Crippen MR) is 139 cm³/mol. The first kappa shape index (κ1) is 23.0. The van der Waals surface area contributed by atoms with Crippen LogP contribution in [0.3, 0.4) is 0 Å². The molecule has 4 nitrogen and oxygen atoms in total. The summed E-state index contributed by atoms with van der Waals surface area (Å²) in [4.78, 5) is 5.56. The minimum Gasteiger partial charge on any atom is -0.311 e. The molecule has 0 saturated heterocycles. The van der Waals surface area contributed by atoms with Crippen molar-refractivity contribution < 1.29 is 8.42 Å². The zero-order chi connectivity index (χ0) is 24.1. The maximum atomic E-state index is 12.9. The Morgan fingerprint density at radius 2 is 1.15 bits per heavy atom. The molecule has 0 unspecified atom stereocenters. The quantitative estimate of drug-likeness (QED) is 0.278. The summed E-state index contributed by atoms with van der Waals surface area (Å²) in [6, 6.07) is 32.2. The fourth-order valence-corrected chi connectivity index (χ4v) is 4.76. The van der Waals surface area contributed by atoms with Gasteiger partial charge in [0.25, 0.3) is 5.03 Å². The average molecular weight is 465 g/mol. The summed E-state index contributed by atoms with van der Waals surface area (Å²) in [5.74, 6) is 0. The maximum absolute atomic E-state index is 12.9. The Balaban J connectivity index is 1.72. The molecule has 0 bridgehead atoms. The second-order valence-electron chi connectivity index (χ2n) is 8.01. The van der Waals surface area contributed by atoms with Crippen molar-refractivity contribution in [3.63, 3.8) is 0 Å². The molecule has 0 amide bonds. The molecule has 0 fully saturated rings. The molecule has 5 heteroatoms. The third-order valence-corrected chi connectivity index (χ3v) is 7.12. The lowest BCUT2D eigenvalue weighted by Crippen LogP contribution is -2.09. The highest BCUT2D eigenvalue weighted by Gasteiger charge is 2.21. The van der Waals surface area contributed by atoms with E-state index < -0.39 is 9.84 Å². The number of anilines is 3. The van der Waals surface area contributed by atoms with Crippen molar-refractivity contribution in [3.8, 4) is 0 Å². The molecule has 0 aliphatic carbocycles. The molecule has 0 saturated carbocycles. The van der Waals surface area contributed by atoms with Crippen LogP contribution >= 0.6 is 0 Å². The zero-order valence-electron chi connectivity index (χ0n) is 19.0. The van der Waals surface area contributed by atoms with Gasteiger partial charge in [-0.1, -0.05) is 65.7 Å². The first-order valence-electron chi connectivity index (χ1n) is 10.8. The third-order valence-electron chi connectivity index (χ3n) is 5.46. The monoisotopic (exact) mass is 464 g/mol. The van der Waals surface area contributed by atoms with E-state index in [1.54, 1.807) is 18.2 Å². The first-order chi connectivity index (χ1) is 16.4. The van der Waals surface area contributed by atoms with E-state index in [1.165, 1.54) is 29.3 Å². The Hall–Kier alpha value is -4.14. The number of hydrogen-bond acceptors (Lipinski definition) is 3. The topological polar surface area (TPSA) is 41.7 Å². The molecule has 168 valence electrons. The van der Waals surface area contributed by atoms with Crippen molar-refractivity contribution in [2.24, 2.45) is 0 Å². The SMILES string of the molecule is [C-]#[N+]C(=Cc1ccc(N(c2ccc(C)cc2)c2ccc(C)cc2)cc1)S(=O)(=O)c1ccccc1. The van der Waals surface area contributed by atoms with Crippen LogP contribution < -0.4 is 4.90 Å². The molecular formula is C29H24N2O2S. The lowest BCUT2D eigenvalue weighted by molar-refractivity contribution is 0.603. The molecule has 0 atom stereocenters. The lowest BCUT2D eigenvalue weighted by Gasteiger charge is -2.26. The minimum absolute atomic E-state index is 0.110. The van der Waals surface area contributed by atoms with Crippen LogP contribution in [0.4, 0.5) is 17.1 Å². The molecule has 0 N–H and O–H groups in total. The smallest absolute Gasteiger partial charge is 0.283 e. The maximum Gasteiger partial charge on any atom is 0.283 e. The van der Waals surface area contributed by atoms with Gasteiger partial charge in [-0.2, -0.15) is 0 Å². The van der Waals surface area contributed by atoms with Crippen LogP contribution in [0.5, 0.6) is 0 Å². The van der Waals surface area contributed by atoms with Gasteiger partial charge in [0.15, 0.2) is 0 Å². The first-order valence-corrected chi connectivity index (χ1v) is 12.3. The number of sulfone groups is 1. The molecule has 34 heavy (non-hydrogen) atoms. The molecule has 4 aromatic rings. The Kier molecular flexibility index (Phi) is 6.62. The van der Waals surface area contributed by atoms with Gasteiger partial charge in [-0.05, 0) is 74.0 Å². The van der Waals surface area contributed by atoms with Crippen LogP contribution in [0, 0.1) is 20.4 Å². The van der Waals surface area contributed by atoms with E-state index in [9.17, 15) is 8.42 Å². The Bertz CT molecular complexity index is 1400. The van der Waals surface area contributed by atoms with E-state index in [2.05, 4.69) is 72.1 Å². The lowest BCUT2D eigenvalue weighted by atomic mass is 10.1. The van der Waals surface area contributed by atoms with E-state index in [-0.39, 0.29) is 9.92 Å². The molecule has 4 aromatic carbocycles. The van der Waals surface area contributed by atoms with Gasteiger partial charge < -0.3 is 4.90 Å². The van der Waals surface area contributed by atoms with E-state index in [4.69, 9.17) is 6.57 Å². The Labute approximate surface area is 201 Å². The second-order valence-corrected chi connectivity index (χ2v) is 9.91. The molecule has 0 heterocycles. The number of benzene rings is 4. The summed E-state index contributed by atoms with van der Waals surface area (Å²) >= 11 is 0. The number of aryl methyl sites for hydroxylation is 2. The van der Waals surface area contributed by atoms with Crippen LogP contribution in [-0.2, 0) is 9.84 Å². The summed E-state index contributed by atoms with van der Waals surface area (Å²) < 4.78 is 25.8. The van der Waals surface area contributed by atoms with E-state index in [1.807, 2.05) is 24.3 Å². The van der Waals surface area contributed by atoms with Crippen LogP contribution in [0.15, 0.2) is 113 Å². The Morgan fingerprint density at radius 1 is 0.706 bits per heavy atom. The second kappa shape index (κ2) is 9.78. The normalized spacial score (nSPS) is 11.6. The van der Waals surface area contributed by atoms with E-state index in [0.717, 1.165) is 17.1 Å². The van der Waals surface area contributed by atoms with Crippen molar-refractivity contribution in [3.05, 3.63) is 136 Å². The highest BCUT2D eigenvalue weighted by Crippen LogP contribution is 2.35. The summed E-state index contributed by atoms with van der Waals surface area (Å²) in [6.07, 6.45) is 1.42. The van der Waals surface area contributed by atoms with E-state index >= 15 is 0 Å². The van der Waals surface area contributed by atoms with E-state index in [0.29, 0.717) is 5.56 Å². The van der Waals surface area contributed by atoms with Gasteiger partial charge in [-0.15, -0.1) is 0 Å². The molecule has 0 aromatic heterocycles. The van der Waals surface area contributed by atoms with Crippen molar-refractivity contribution in [1.29, 1.82) is 0 Å². The molecular weight excluding hydrogens is 440 g/mol. The van der Waals surface area contributed by atoms with Crippen LogP contribution in [0.1, 0.15) is 16.7 Å². The Morgan fingerprint density at radius 3 is 1.59 bits per heavy atom. The van der Waals surface area contributed by atoms with Gasteiger partial charge in [0.1, 0.15) is 0 Å². The van der Waals surface area contributed by atoms with Gasteiger partial charge in [0, 0.05) is 17.1 Å². The summed E-state index contributed by atoms with van der Waals surface area (Å²) in [5, 5.41) is -0.305. The molecule has 0 aliphatic rings. The third kappa shape index (κ3) is 4.93. The molecule has 0 aliphatic heterocycles. The average Bonchev–Trinajstić information content (AvgIpc) is 2.86. The molecule has 0 spiro atoms. The number of rotatable bonds is 6. The fourth-order valence-electron chi connectivity index (χ4n) is 3.59. The fraction of sp³-hybridized carbons (Fsp3) is 0.0690. The summed E-state index contributed by atoms with van der Waals surface area (Å²) in [7, 11) is -3.87. The van der Waals surface area contributed by atoms with Crippen molar-refractivity contribution in [2.75, 3.05) is 4.90 Å². The van der Waals surface area contributed by atoms with Crippen LogP contribution in [-0.4, -0.2) is 8.42 Å². The van der Waals surface area contributed by atoms with Crippen molar-refractivity contribution in [1.82, 2.24) is 0 Å². The van der Waals surface area contributed by atoms with Gasteiger partial charge in [-0.3, -0.25) is 0 Å². The highest BCUT2D eigenvalue weighted by molar-refractivity contribution is 7.95. The molecule has 0 radical (unpaired) electrons. The summed E-state index contributed by atoms with van der Waals surface area (Å²) in [6.45, 7) is 11.6.